The molecule has 4 rings (SSSR count). The van der Waals surface area contributed by atoms with E-state index in [9.17, 15) is 5.11 Å². The highest BCUT2D eigenvalue weighted by Gasteiger charge is 2.16. The smallest absolute Gasteiger partial charge is 0.336 e. The molecule has 10 nitrogen and oxygen atoms in total. The predicted molar refractivity (Wildman–Crippen MR) is 118 cm³/mol. The van der Waals surface area contributed by atoms with Crippen LogP contribution in [0.3, 0.4) is 0 Å². The van der Waals surface area contributed by atoms with Crippen molar-refractivity contribution < 1.29 is 9.84 Å². The third-order valence-corrected chi connectivity index (χ3v) is 5.38. The summed E-state index contributed by atoms with van der Waals surface area (Å²) in [6.45, 7) is 8.11. The second kappa shape index (κ2) is 9.44. The Bertz CT molecular complexity index is 1030. The molecule has 31 heavy (non-hydrogen) atoms. The number of hydrogen-bond acceptors (Lipinski definition) is 9. The van der Waals surface area contributed by atoms with Crippen LogP contribution in [0.5, 0.6) is 6.01 Å². The average molecular weight is 427 g/mol. The molecule has 4 heterocycles. The molecule has 0 spiro atoms. The highest BCUT2D eigenvalue weighted by molar-refractivity contribution is 5.60. The Balaban J connectivity index is 1.53. The predicted octanol–water partition coefficient (Wildman–Crippen LogP) is 0.950. The maximum absolute atomic E-state index is 9.90. The summed E-state index contributed by atoms with van der Waals surface area (Å²) < 4.78 is 7.22. The summed E-state index contributed by atoms with van der Waals surface area (Å²) in [5.74, 6) is 1.28. The fourth-order valence-electron chi connectivity index (χ4n) is 3.84. The molecule has 166 valence electrons. The third-order valence-electron chi connectivity index (χ3n) is 5.38. The Hall–Kier alpha value is -2.98. The van der Waals surface area contributed by atoms with Crippen LogP contribution in [0.25, 0.3) is 5.65 Å². The summed E-state index contributed by atoms with van der Waals surface area (Å²) in [5, 5.41) is 17.7. The highest BCUT2D eigenvalue weighted by Crippen LogP contribution is 2.21. The van der Waals surface area contributed by atoms with E-state index >= 15 is 0 Å². The zero-order valence-electron chi connectivity index (χ0n) is 18.1. The molecular formula is C21H30N8O2. The number of nitrogens with one attached hydrogen (secondary N) is 1. The van der Waals surface area contributed by atoms with Crippen LogP contribution in [-0.4, -0.2) is 68.6 Å². The van der Waals surface area contributed by atoms with Crippen LogP contribution in [0.1, 0.15) is 36.6 Å². The number of rotatable bonds is 8. The molecule has 1 unspecified atom stereocenters. The van der Waals surface area contributed by atoms with Gasteiger partial charge in [0.25, 0.3) is 0 Å². The van der Waals surface area contributed by atoms with E-state index in [0.29, 0.717) is 18.5 Å². The first-order valence-corrected chi connectivity index (χ1v) is 10.8. The minimum absolute atomic E-state index is 0.124. The van der Waals surface area contributed by atoms with Crippen molar-refractivity contribution in [1.29, 1.82) is 0 Å². The number of piperazine rings is 1. The van der Waals surface area contributed by atoms with E-state index in [4.69, 9.17) is 15.5 Å². The van der Waals surface area contributed by atoms with Gasteiger partial charge in [0.1, 0.15) is 12.4 Å². The first-order chi connectivity index (χ1) is 15.0. The van der Waals surface area contributed by atoms with Gasteiger partial charge in [0, 0.05) is 38.8 Å². The standard InChI is InChI=1S/C21H30N8O2/c1-3-4-17(30)13-31-21-26-18(22)20-25-12-16(29(20)27-21)10-15-9-14(2)19(24-11-15)28-7-5-23-6-8-28/h9,11-12,17,23,30H,3-8,10,13H2,1-2H3,(H2,22,26,27). The summed E-state index contributed by atoms with van der Waals surface area (Å²) in [4.78, 5) is 15.6. The topological polar surface area (TPSA) is 127 Å². The Morgan fingerprint density at radius 1 is 1.26 bits per heavy atom. The second-order valence-corrected chi connectivity index (χ2v) is 7.92. The Labute approximate surface area is 181 Å². The van der Waals surface area contributed by atoms with Crippen LogP contribution in [0.15, 0.2) is 18.5 Å². The van der Waals surface area contributed by atoms with Crippen LogP contribution < -0.4 is 20.7 Å². The monoisotopic (exact) mass is 426 g/mol. The minimum atomic E-state index is -0.559. The number of anilines is 2. The molecule has 4 N–H and O–H groups in total. The number of pyridine rings is 1. The van der Waals surface area contributed by atoms with Gasteiger partial charge in [-0.15, -0.1) is 5.10 Å². The number of nitrogen functional groups attached to an aromatic ring is 1. The molecule has 0 aromatic carbocycles. The molecule has 10 heteroatoms. The number of fused-ring (bicyclic) bond motifs is 1. The van der Waals surface area contributed by atoms with Gasteiger partial charge < -0.3 is 25.8 Å². The molecule has 1 atom stereocenters. The number of nitrogens with two attached hydrogens (primary N) is 1. The molecule has 0 amide bonds. The largest absolute Gasteiger partial charge is 0.460 e. The van der Waals surface area contributed by atoms with Crippen molar-refractivity contribution in [2.24, 2.45) is 0 Å². The molecule has 1 aliphatic rings. The van der Waals surface area contributed by atoms with Crippen LogP contribution >= 0.6 is 0 Å². The number of aryl methyl sites for hydroxylation is 1. The summed E-state index contributed by atoms with van der Waals surface area (Å²) >= 11 is 0. The van der Waals surface area contributed by atoms with Crippen molar-refractivity contribution in [3.8, 4) is 6.01 Å². The van der Waals surface area contributed by atoms with Gasteiger partial charge in [-0.25, -0.2) is 14.5 Å². The van der Waals surface area contributed by atoms with Crippen LogP contribution in [0.2, 0.25) is 0 Å². The quantitative estimate of drug-likeness (QED) is 0.482. The van der Waals surface area contributed by atoms with Crippen molar-refractivity contribution in [1.82, 2.24) is 29.9 Å². The lowest BCUT2D eigenvalue weighted by Gasteiger charge is -2.29. The number of imidazole rings is 1. The zero-order chi connectivity index (χ0) is 21.8. The van der Waals surface area contributed by atoms with E-state index in [0.717, 1.165) is 55.2 Å². The number of aromatic nitrogens is 5. The average Bonchev–Trinajstić information content (AvgIpc) is 3.16. The summed E-state index contributed by atoms with van der Waals surface area (Å²) in [6, 6.07) is 2.29. The van der Waals surface area contributed by atoms with E-state index in [-0.39, 0.29) is 18.4 Å². The van der Waals surface area contributed by atoms with Gasteiger partial charge in [-0.1, -0.05) is 19.4 Å². The lowest BCUT2D eigenvalue weighted by atomic mass is 10.1. The van der Waals surface area contributed by atoms with Gasteiger partial charge in [0.15, 0.2) is 11.5 Å². The molecule has 3 aromatic rings. The Kier molecular flexibility index (Phi) is 6.47. The number of ether oxygens (including phenoxy) is 1. The fraction of sp³-hybridized carbons (Fsp3) is 0.524. The van der Waals surface area contributed by atoms with E-state index in [1.807, 2.05) is 13.1 Å². The number of aliphatic hydroxyl groups is 1. The summed E-state index contributed by atoms with van der Waals surface area (Å²) in [7, 11) is 0. The molecule has 3 aromatic heterocycles. The second-order valence-electron chi connectivity index (χ2n) is 7.92. The maximum Gasteiger partial charge on any atom is 0.336 e. The van der Waals surface area contributed by atoms with Crippen molar-refractivity contribution in [2.45, 2.75) is 39.2 Å². The van der Waals surface area contributed by atoms with Crippen LogP contribution in [0.4, 0.5) is 11.6 Å². The first kappa shape index (κ1) is 21.3. The van der Waals surface area contributed by atoms with Crippen molar-refractivity contribution >= 4 is 17.3 Å². The minimum Gasteiger partial charge on any atom is -0.460 e. The van der Waals surface area contributed by atoms with E-state index in [2.05, 4.69) is 38.3 Å². The third kappa shape index (κ3) is 4.86. The number of aliphatic hydroxyl groups excluding tert-OH is 1. The van der Waals surface area contributed by atoms with Gasteiger partial charge in [0.2, 0.25) is 0 Å². The normalized spacial score (nSPS) is 15.4. The maximum atomic E-state index is 9.90. The Morgan fingerprint density at radius 2 is 2.06 bits per heavy atom. The van der Waals surface area contributed by atoms with Crippen molar-refractivity contribution in [2.75, 3.05) is 43.4 Å². The lowest BCUT2D eigenvalue weighted by molar-refractivity contribution is 0.0935. The number of hydrogen-bond donors (Lipinski definition) is 3. The molecule has 1 saturated heterocycles. The lowest BCUT2D eigenvalue weighted by Crippen LogP contribution is -2.44. The van der Waals surface area contributed by atoms with E-state index < -0.39 is 6.10 Å². The van der Waals surface area contributed by atoms with Crippen molar-refractivity contribution in [3.63, 3.8) is 0 Å². The van der Waals surface area contributed by atoms with Crippen LogP contribution in [-0.2, 0) is 6.42 Å². The molecule has 0 aliphatic carbocycles. The molecule has 0 bridgehead atoms. The number of nitrogens with zero attached hydrogens (tertiary/aromatic N) is 6. The fourth-order valence-corrected chi connectivity index (χ4v) is 3.84. The highest BCUT2D eigenvalue weighted by atomic mass is 16.5. The SMILES string of the molecule is CCCC(O)COc1nc(N)c2ncc(Cc3cnc(N4CCNCC4)c(C)c3)n2n1. The van der Waals surface area contributed by atoms with E-state index in [1.54, 1.807) is 10.7 Å². The van der Waals surface area contributed by atoms with Crippen molar-refractivity contribution in [3.05, 3.63) is 35.3 Å². The molecule has 1 aliphatic heterocycles. The Morgan fingerprint density at radius 3 is 2.81 bits per heavy atom. The zero-order valence-corrected chi connectivity index (χ0v) is 18.1. The molecule has 1 fully saturated rings. The first-order valence-electron chi connectivity index (χ1n) is 10.8. The van der Waals surface area contributed by atoms with Gasteiger partial charge in [0.05, 0.1) is 18.0 Å². The van der Waals surface area contributed by atoms with E-state index in [1.165, 1.54) is 0 Å². The van der Waals surface area contributed by atoms with Gasteiger partial charge >= 0.3 is 6.01 Å². The summed E-state index contributed by atoms with van der Waals surface area (Å²) in [5.41, 5.74) is 9.62. The molecular weight excluding hydrogens is 396 g/mol. The van der Waals surface area contributed by atoms with Gasteiger partial charge in [-0.3, -0.25) is 0 Å². The van der Waals surface area contributed by atoms with Crippen LogP contribution in [0, 0.1) is 6.92 Å². The molecule has 0 radical (unpaired) electrons. The van der Waals surface area contributed by atoms with Gasteiger partial charge in [-0.2, -0.15) is 4.98 Å². The molecule has 0 saturated carbocycles. The summed E-state index contributed by atoms with van der Waals surface area (Å²) in [6.07, 6.45) is 5.23. The van der Waals surface area contributed by atoms with Gasteiger partial charge in [-0.05, 0) is 24.5 Å².